The molecule has 8 heteroatoms. The molecule has 2 N–H and O–H groups in total. The lowest BCUT2D eigenvalue weighted by Gasteiger charge is -2.13. The normalized spacial score (nSPS) is 10.9. The van der Waals surface area contributed by atoms with Crippen LogP contribution in [0.3, 0.4) is 0 Å². The lowest BCUT2D eigenvalue weighted by molar-refractivity contribution is 0.354. The first-order valence-electron chi connectivity index (χ1n) is 10.0. The van der Waals surface area contributed by atoms with Gasteiger partial charge in [0.1, 0.15) is 0 Å². The van der Waals surface area contributed by atoms with E-state index in [2.05, 4.69) is 40.7 Å². The Morgan fingerprint density at radius 3 is 2.58 bits per heavy atom. The zero-order valence-corrected chi connectivity index (χ0v) is 20.5. The molecule has 0 unspecified atom stereocenters. The first-order chi connectivity index (χ1) is 14.7. The Labute approximate surface area is 200 Å². The predicted octanol–water partition coefficient (Wildman–Crippen LogP) is 3.81. The van der Waals surface area contributed by atoms with Gasteiger partial charge in [-0.2, -0.15) is 0 Å². The van der Waals surface area contributed by atoms with Crippen molar-refractivity contribution in [3.8, 4) is 17.2 Å². The van der Waals surface area contributed by atoms with Gasteiger partial charge in [0.25, 0.3) is 0 Å². The minimum Gasteiger partial charge on any atom is -0.493 e. The fraction of sp³-hybridized carbons (Fsp3) is 0.304. The molecule has 3 rings (SSSR count). The van der Waals surface area contributed by atoms with E-state index in [9.17, 15) is 0 Å². The van der Waals surface area contributed by atoms with Crippen molar-refractivity contribution in [3.05, 3.63) is 72.3 Å². The third kappa shape index (κ3) is 6.88. The number of hydrogen-bond acceptors (Lipinski definition) is 4. The van der Waals surface area contributed by atoms with Gasteiger partial charge in [0.2, 0.25) is 0 Å². The number of halogens is 1. The molecule has 0 amide bonds. The van der Waals surface area contributed by atoms with Crippen molar-refractivity contribution in [2.24, 2.45) is 4.99 Å². The topological polar surface area (TPSA) is 72.7 Å². The predicted molar refractivity (Wildman–Crippen MR) is 135 cm³/mol. The molecule has 0 radical (unpaired) electrons. The van der Waals surface area contributed by atoms with Crippen molar-refractivity contribution in [2.75, 3.05) is 27.3 Å². The van der Waals surface area contributed by atoms with Gasteiger partial charge in [-0.15, -0.1) is 24.0 Å². The van der Waals surface area contributed by atoms with E-state index in [-0.39, 0.29) is 24.0 Å². The number of aromatic nitrogens is 2. The molecule has 0 saturated heterocycles. The van der Waals surface area contributed by atoms with Crippen LogP contribution in [0.5, 0.6) is 11.5 Å². The summed E-state index contributed by atoms with van der Waals surface area (Å²) in [5, 5.41) is 6.72. The lowest BCUT2D eigenvalue weighted by Crippen LogP contribution is -2.38. The van der Waals surface area contributed by atoms with Crippen molar-refractivity contribution in [1.82, 2.24) is 20.2 Å². The molecule has 1 aromatic heterocycles. The molecular weight excluding hydrogens is 505 g/mol. The van der Waals surface area contributed by atoms with Crippen LogP contribution in [0.1, 0.15) is 18.1 Å². The molecule has 0 aliphatic heterocycles. The Morgan fingerprint density at radius 2 is 1.87 bits per heavy atom. The van der Waals surface area contributed by atoms with E-state index in [1.54, 1.807) is 26.7 Å². The summed E-state index contributed by atoms with van der Waals surface area (Å²) in [7, 11) is 3.29. The molecular formula is C23H30IN5O2. The van der Waals surface area contributed by atoms with Crippen LogP contribution in [0, 0.1) is 0 Å². The number of methoxy groups -OCH3 is 2. The quantitative estimate of drug-likeness (QED) is 0.248. The second kappa shape index (κ2) is 12.8. The fourth-order valence-electron chi connectivity index (χ4n) is 3.17. The Hall–Kier alpha value is -2.75. The number of hydrogen-bond donors (Lipinski definition) is 2. The number of imidazole rings is 1. The van der Waals surface area contributed by atoms with E-state index in [4.69, 9.17) is 14.5 Å². The van der Waals surface area contributed by atoms with Crippen molar-refractivity contribution >= 4 is 29.9 Å². The highest BCUT2D eigenvalue weighted by Gasteiger charge is 2.06. The van der Waals surface area contributed by atoms with Gasteiger partial charge in [0.05, 0.1) is 32.8 Å². The highest BCUT2D eigenvalue weighted by Crippen LogP contribution is 2.27. The van der Waals surface area contributed by atoms with E-state index in [0.717, 1.165) is 48.2 Å². The number of nitrogens with zero attached hydrogens (tertiary/aromatic N) is 3. The minimum atomic E-state index is 0. The van der Waals surface area contributed by atoms with E-state index in [1.165, 1.54) is 5.56 Å². The lowest BCUT2D eigenvalue weighted by atomic mass is 10.1. The van der Waals surface area contributed by atoms with Crippen molar-refractivity contribution in [1.29, 1.82) is 0 Å². The van der Waals surface area contributed by atoms with Crippen LogP contribution in [-0.2, 0) is 13.0 Å². The van der Waals surface area contributed by atoms with Gasteiger partial charge < -0.3 is 24.7 Å². The van der Waals surface area contributed by atoms with Gasteiger partial charge in [-0.1, -0.05) is 24.3 Å². The van der Waals surface area contributed by atoms with E-state index < -0.39 is 0 Å². The maximum absolute atomic E-state index is 5.38. The number of nitrogens with one attached hydrogen (secondary N) is 2. The molecule has 0 bridgehead atoms. The maximum atomic E-state index is 5.38. The molecule has 0 fully saturated rings. The van der Waals surface area contributed by atoms with Gasteiger partial charge in [0, 0.05) is 25.5 Å². The molecule has 1 heterocycles. The molecule has 31 heavy (non-hydrogen) atoms. The Balaban J connectivity index is 0.00000341. The average molecular weight is 535 g/mol. The highest BCUT2D eigenvalue weighted by atomic mass is 127. The summed E-state index contributed by atoms with van der Waals surface area (Å²) >= 11 is 0. The fourth-order valence-corrected chi connectivity index (χ4v) is 3.17. The van der Waals surface area contributed by atoms with Gasteiger partial charge in [-0.25, -0.2) is 9.98 Å². The van der Waals surface area contributed by atoms with Crippen LogP contribution in [0.15, 0.2) is 66.2 Å². The summed E-state index contributed by atoms with van der Waals surface area (Å²) in [5.41, 5.74) is 3.38. The Morgan fingerprint density at radius 1 is 1.06 bits per heavy atom. The largest absolute Gasteiger partial charge is 0.493 e. The minimum absolute atomic E-state index is 0. The molecule has 2 aromatic carbocycles. The molecule has 0 atom stereocenters. The monoisotopic (exact) mass is 535 g/mol. The third-order valence-corrected chi connectivity index (χ3v) is 4.68. The summed E-state index contributed by atoms with van der Waals surface area (Å²) in [6, 6.07) is 14.2. The smallest absolute Gasteiger partial charge is 0.191 e. The summed E-state index contributed by atoms with van der Waals surface area (Å²) in [6.45, 7) is 4.18. The average Bonchev–Trinajstić information content (AvgIpc) is 3.32. The molecule has 166 valence electrons. The Bertz CT molecular complexity index is 960. The second-order valence-electron chi connectivity index (χ2n) is 6.66. The number of rotatable bonds is 9. The summed E-state index contributed by atoms with van der Waals surface area (Å²) in [4.78, 5) is 8.91. The van der Waals surface area contributed by atoms with Crippen molar-refractivity contribution in [3.63, 3.8) is 0 Å². The maximum Gasteiger partial charge on any atom is 0.191 e. The zero-order valence-electron chi connectivity index (χ0n) is 18.2. The number of guanidine groups is 1. The molecule has 7 nitrogen and oxygen atoms in total. The van der Waals surface area contributed by atoms with Crippen LogP contribution >= 0.6 is 24.0 Å². The number of ether oxygens (including phenoxy) is 2. The van der Waals surface area contributed by atoms with E-state index in [0.29, 0.717) is 6.54 Å². The summed E-state index contributed by atoms with van der Waals surface area (Å²) in [6.07, 6.45) is 6.36. The SMILES string of the molecule is CCNC(=NCc1ccccc1-n1ccnc1)NCCc1ccc(OC)c(OC)c1.I. The van der Waals surface area contributed by atoms with Crippen LogP contribution in [0.4, 0.5) is 0 Å². The number of benzene rings is 2. The van der Waals surface area contributed by atoms with Crippen molar-refractivity contribution in [2.45, 2.75) is 19.9 Å². The van der Waals surface area contributed by atoms with Crippen LogP contribution in [0.2, 0.25) is 0 Å². The van der Waals surface area contributed by atoms with Gasteiger partial charge in [0.15, 0.2) is 17.5 Å². The molecule has 0 aliphatic carbocycles. The first-order valence-corrected chi connectivity index (χ1v) is 10.0. The summed E-state index contributed by atoms with van der Waals surface area (Å²) in [5.74, 6) is 2.27. The van der Waals surface area contributed by atoms with Crippen molar-refractivity contribution < 1.29 is 9.47 Å². The van der Waals surface area contributed by atoms with E-state index >= 15 is 0 Å². The first kappa shape index (κ1) is 24.5. The van der Waals surface area contributed by atoms with Gasteiger partial charge in [-0.3, -0.25) is 0 Å². The zero-order chi connectivity index (χ0) is 21.2. The highest BCUT2D eigenvalue weighted by molar-refractivity contribution is 14.0. The third-order valence-electron chi connectivity index (χ3n) is 4.68. The number of para-hydroxylation sites is 1. The number of aliphatic imine (C=N–C) groups is 1. The van der Waals surface area contributed by atoms with Gasteiger partial charge in [-0.05, 0) is 42.7 Å². The van der Waals surface area contributed by atoms with E-state index in [1.807, 2.05) is 35.0 Å². The summed E-state index contributed by atoms with van der Waals surface area (Å²) < 4.78 is 12.7. The van der Waals surface area contributed by atoms with Crippen LogP contribution in [0.25, 0.3) is 5.69 Å². The van der Waals surface area contributed by atoms with Crippen LogP contribution in [-0.4, -0.2) is 42.8 Å². The van der Waals surface area contributed by atoms with Gasteiger partial charge >= 0.3 is 0 Å². The van der Waals surface area contributed by atoms with Crippen LogP contribution < -0.4 is 20.1 Å². The molecule has 0 spiro atoms. The molecule has 0 saturated carbocycles. The second-order valence-corrected chi connectivity index (χ2v) is 6.66. The molecule has 0 aliphatic rings. The Kier molecular flexibility index (Phi) is 10.2. The molecule has 3 aromatic rings. The standard InChI is InChI=1S/C23H29N5O2.HI/c1-4-25-23(26-12-11-18-9-10-21(29-2)22(15-18)30-3)27-16-19-7-5-6-8-20(19)28-14-13-24-17-28;/h5-10,13-15,17H,4,11-12,16H2,1-3H3,(H2,25,26,27);1H.